The summed E-state index contributed by atoms with van der Waals surface area (Å²) in [5.41, 5.74) is 0.851. The number of piperazine rings is 1. The van der Waals surface area contributed by atoms with E-state index >= 15 is 0 Å². The Labute approximate surface area is 145 Å². The van der Waals surface area contributed by atoms with Crippen LogP contribution >= 0.6 is 0 Å². The lowest BCUT2D eigenvalue weighted by molar-refractivity contribution is -0.121. The minimum absolute atomic E-state index is 0.101. The van der Waals surface area contributed by atoms with E-state index in [2.05, 4.69) is 15.0 Å². The number of carbonyl (C=O) groups excluding carboxylic acids is 1. The van der Waals surface area contributed by atoms with Gasteiger partial charge in [0.2, 0.25) is 5.91 Å². The van der Waals surface area contributed by atoms with E-state index in [-0.39, 0.29) is 17.8 Å². The van der Waals surface area contributed by atoms with E-state index in [0.717, 1.165) is 25.2 Å². The SMILES string of the molecule is Cn1cc(N2CCC(N3CCN(c4ncccc4F)CC3)C2=O)cn1. The van der Waals surface area contributed by atoms with Crippen molar-refractivity contribution in [2.24, 2.45) is 7.05 Å². The number of hydrogen-bond donors (Lipinski definition) is 0. The van der Waals surface area contributed by atoms with Crippen LogP contribution in [-0.2, 0) is 11.8 Å². The first kappa shape index (κ1) is 16.0. The number of amides is 1. The molecule has 4 heterocycles. The van der Waals surface area contributed by atoms with E-state index in [1.165, 1.54) is 6.07 Å². The van der Waals surface area contributed by atoms with Gasteiger partial charge in [-0.25, -0.2) is 9.37 Å². The van der Waals surface area contributed by atoms with Gasteiger partial charge in [0.25, 0.3) is 0 Å². The average molecular weight is 344 g/mol. The molecule has 2 aliphatic rings. The van der Waals surface area contributed by atoms with Gasteiger partial charge >= 0.3 is 0 Å². The smallest absolute Gasteiger partial charge is 0.244 e. The van der Waals surface area contributed by atoms with Crippen molar-refractivity contribution >= 4 is 17.4 Å². The number of hydrogen-bond acceptors (Lipinski definition) is 5. The summed E-state index contributed by atoms with van der Waals surface area (Å²) in [6.45, 7) is 3.51. The molecule has 0 bridgehead atoms. The van der Waals surface area contributed by atoms with E-state index in [0.29, 0.717) is 25.5 Å². The minimum atomic E-state index is -0.296. The molecule has 2 aliphatic heterocycles. The molecular formula is C17H21FN6O. The van der Waals surface area contributed by atoms with E-state index in [1.807, 2.05) is 23.0 Å². The molecule has 0 aromatic carbocycles. The number of nitrogens with zero attached hydrogens (tertiary/aromatic N) is 6. The third-order valence-electron chi connectivity index (χ3n) is 4.97. The van der Waals surface area contributed by atoms with Crippen molar-refractivity contribution in [1.29, 1.82) is 0 Å². The fraction of sp³-hybridized carbons (Fsp3) is 0.471. The third-order valence-corrected chi connectivity index (χ3v) is 4.97. The molecule has 132 valence electrons. The molecule has 7 nitrogen and oxygen atoms in total. The second-order valence-corrected chi connectivity index (χ2v) is 6.50. The standard InChI is InChI=1S/C17H21FN6O/c1-21-12-13(11-20-21)24-6-4-15(17(24)25)22-7-9-23(10-8-22)16-14(18)3-2-5-19-16/h2-3,5,11-12,15H,4,6-10H2,1H3. The Balaban J connectivity index is 1.40. The summed E-state index contributed by atoms with van der Waals surface area (Å²) in [5, 5.41) is 4.15. The first-order chi connectivity index (χ1) is 12.1. The Morgan fingerprint density at radius 3 is 2.68 bits per heavy atom. The first-order valence-corrected chi connectivity index (χ1v) is 8.53. The van der Waals surface area contributed by atoms with Crippen LogP contribution in [0.15, 0.2) is 30.7 Å². The first-order valence-electron chi connectivity index (χ1n) is 8.53. The maximum absolute atomic E-state index is 13.9. The number of carbonyl (C=O) groups is 1. The highest BCUT2D eigenvalue weighted by atomic mass is 19.1. The Morgan fingerprint density at radius 2 is 2.00 bits per heavy atom. The van der Waals surface area contributed by atoms with Crippen molar-refractivity contribution in [2.75, 3.05) is 42.5 Å². The van der Waals surface area contributed by atoms with Gasteiger partial charge in [0.05, 0.1) is 17.9 Å². The fourth-order valence-electron chi connectivity index (χ4n) is 3.66. The molecule has 0 radical (unpaired) electrons. The normalized spacial score (nSPS) is 22.0. The molecule has 2 aromatic rings. The van der Waals surface area contributed by atoms with Crippen molar-refractivity contribution in [1.82, 2.24) is 19.7 Å². The zero-order valence-electron chi connectivity index (χ0n) is 14.2. The molecule has 0 aliphatic carbocycles. The number of anilines is 2. The van der Waals surface area contributed by atoms with Gasteiger partial charge in [-0.3, -0.25) is 14.4 Å². The van der Waals surface area contributed by atoms with Crippen LogP contribution < -0.4 is 9.80 Å². The quantitative estimate of drug-likeness (QED) is 0.827. The Morgan fingerprint density at radius 1 is 1.20 bits per heavy atom. The number of aromatic nitrogens is 3. The van der Waals surface area contributed by atoms with Crippen molar-refractivity contribution in [3.63, 3.8) is 0 Å². The van der Waals surface area contributed by atoms with Crippen LogP contribution in [0.2, 0.25) is 0 Å². The molecule has 0 N–H and O–H groups in total. The molecule has 1 amide bonds. The summed E-state index contributed by atoms with van der Waals surface area (Å²) < 4.78 is 15.6. The van der Waals surface area contributed by atoms with Crippen LogP contribution in [0.1, 0.15) is 6.42 Å². The number of rotatable bonds is 3. The second kappa shape index (κ2) is 6.44. The van der Waals surface area contributed by atoms with Gasteiger partial charge in [0.15, 0.2) is 11.6 Å². The van der Waals surface area contributed by atoms with Gasteiger partial charge < -0.3 is 9.80 Å². The maximum atomic E-state index is 13.9. The molecule has 2 aromatic heterocycles. The highest BCUT2D eigenvalue weighted by Gasteiger charge is 2.38. The van der Waals surface area contributed by atoms with Crippen molar-refractivity contribution < 1.29 is 9.18 Å². The summed E-state index contributed by atoms with van der Waals surface area (Å²) >= 11 is 0. The van der Waals surface area contributed by atoms with Gasteiger partial charge in [-0.2, -0.15) is 5.10 Å². The molecule has 2 fully saturated rings. The Bertz CT molecular complexity index is 770. The molecule has 4 rings (SSSR count). The third kappa shape index (κ3) is 2.97. The van der Waals surface area contributed by atoms with E-state index in [4.69, 9.17) is 0 Å². The Hall–Kier alpha value is -2.48. The second-order valence-electron chi connectivity index (χ2n) is 6.50. The number of aryl methyl sites for hydroxylation is 1. The van der Waals surface area contributed by atoms with Gasteiger partial charge in [-0.05, 0) is 18.6 Å². The van der Waals surface area contributed by atoms with Gasteiger partial charge in [0, 0.05) is 52.2 Å². The van der Waals surface area contributed by atoms with Crippen LogP contribution in [0.3, 0.4) is 0 Å². The Kier molecular flexibility index (Phi) is 4.12. The molecule has 0 saturated carbocycles. The molecule has 2 saturated heterocycles. The van der Waals surface area contributed by atoms with Crippen molar-refractivity contribution in [3.8, 4) is 0 Å². The largest absolute Gasteiger partial charge is 0.352 e. The van der Waals surface area contributed by atoms with Crippen LogP contribution in [0.4, 0.5) is 15.9 Å². The summed E-state index contributed by atoms with van der Waals surface area (Å²) in [4.78, 5) is 22.9. The van der Waals surface area contributed by atoms with E-state index in [9.17, 15) is 9.18 Å². The number of pyridine rings is 1. The molecule has 0 spiro atoms. The van der Waals surface area contributed by atoms with Gasteiger partial charge in [-0.15, -0.1) is 0 Å². The summed E-state index contributed by atoms with van der Waals surface area (Å²) in [6.07, 6.45) is 6.01. The fourth-order valence-corrected chi connectivity index (χ4v) is 3.66. The zero-order chi connectivity index (χ0) is 17.4. The predicted octanol–water partition coefficient (Wildman–Crippen LogP) is 0.882. The topological polar surface area (TPSA) is 57.5 Å². The minimum Gasteiger partial charge on any atom is -0.352 e. The molecule has 1 atom stereocenters. The lowest BCUT2D eigenvalue weighted by Gasteiger charge is -2.37. The molecule has 8 heteroatoms. The molecule has 1 unspecified atom stereocenters. The van der Waals surface area contributed by atoms with Crippen LogP contribution in [0.5, 0.6) is 0 Å². The van der Waals surface area contributed by atoms with E-state index in [1.54, 1.807) is 23.1 Å². The van der Waals surface area contributed by atoms with Crippen molar-refractivity contribution in [2.45, 2.75) is 12.5 Å². The van der Waals surface area contributed by atoms with Crippen LogP contribution in [0.25, 0.3) is 0 Å². The molecule has 25 heavy (non-hydrogen) atoms. The maximum Gasteiger partial charge on any atom is 0.244 e. The monoisotopic (exact) mass is 344 g/mol. The summed E-state index contributed by atoms with van der Waals surface area (Å²) in [6, 6.07) is 2.93. The lowest BCUT2D eigenvalue weighted by atomic mass is 10.2. The van der Waals surface area contributed by atoms with Crippen molar-refractivity contribution in [3.05, 3.63) is 36.5 Å². The number of halogens is 1. The summed E-state index contributed by atoms with van der Waals surface area (Å²) in [5.74, 6) is 0.234. The lowest BCUT2D eigenvalue weighted by Crippen LogP contribution is -2.53. The van der Waals surface area contributed by atoms with E-state index < -0.39 is 0 Å². The van der Waals surface area contributed by atoms with Crippen LogP contribution in [0, 0.1) is 5.82 Å². The highest BCUT2D eigenvalue weighted by molar-refractivity contribution is 5.99. The average Bonchev–Trinajstić information content (AvgIpc) is 3.21. The highest BCUT2D eigenvalue weighted by Crippen LogP contribution is 2.25. The molecular weight excluding hydrogens is 323 g/mol. The van der Waals surface area contributed by atoms with Gasteiger partial charge in [0.1, 0.15) is 0 Å². The summed E-state index contributed by atoms with van der Waals surface area (Å²) in [7, 11) is 1.84. The van der Waals surface area contributed by atoms with Crippen LogP contribution in [-0.4, -0.2) is 64.3 Å². The zero-order valence-corrected chi connectivity index (χ0v) is 14.2. The van der Waals surface area contributed by atoms with Gasteiger partial charge in [-0.1, -0.05) is 0 Å². The predicted molar refractivity (Wildman–Crippen MR) is 91.9 cm³/mol.